The second kappa shape index (κ2) is 5.83. The predicted octanol–water partition coefficient (Wildman–Crippen LogP) is 5.46. The van der Waals surface area contributed by atoms with Crippen LogP contribution in [-0.2, 0) is 11.5 Å². The van der Waals surface area contributed by atoms with Crippen LogP contribution in [0.3, 0.4) is 0 Å². The molecule has 2 nitrogen and oxygen atoms in total. The number of aromatic nitrogens is 1. The van der Waals surface area contributed by atoms with Crippen LogP contribution in [0.1, 0.15) is 10.6 Å². The first-order valence-corrected chi connectivity index (χ1v) is 9.44. The highest BCUT2D eigenvalue weighted by atomic mass is 32.2. The molecule has 0 aliphatic carbocycles. The van der Waals surface area contributed by atoms with Gasteiger partial charge in [-0.15, -0.1) is 11.3 Å². The number of thioether (sulfide) groups is 2. The fraction of sp³-hybridized carbons (Fsp3) is 0.125. The molecule has 0 amide bonds. The molecule has 0 saturated carbocycles. The van der Waals surface area contributed by atoms with Gasteiger partial charge in [0.25, 0.3) is 0 Å². The number of benzene rings is 2. The smallest absolute Gasteiger partial charge is 0.131 e. The first-order chi connectivity index (χ1) is 10.4. The van der Waals surface area contributed by atoms with Gasteiger partial charge in [0.1, 0.15) is 9.38 Å². The molecule has 0 unspecified atom stereocenters. The predicted molar refractivity (Wildman–Crippen MR) is 95.7 cm³/mol. The third-order valence-electron chi connectivity index (χ3n) is 3.21. The molecule has 0 atom stereocenters. The molecule has 0 N–H and O–H groups in total. The van der Waals surface area contributed by atoms with Crippen LogP contribution in [0, 0.1) is 0 Å². The quantitative estimate of drug-likeness (QED) is 0.624. The topological polar surface area (TPSA) is 25.2 Å². The van der Waals surface area contributed by atoms with Crippen LogP contribution in [0.5, 0.6) is 0 Å². The summed E-state index contributed by atoms with van der Waals surface area (Å²) in [6, 6.07) is 16.7. The fourth-order valence-corrected chi connectivity index (χ4v) is 5.21. The monoisotopic (exact) mass is 328 g/mol. The molecule has 1 aromatic heterocycles. The van der Waals surface area contributed by atoms with Gasteiger partial charge in [0.05, 0.1) is 21.7 Å². The van der Waals surface area contributed by atoms with E-state index >= 15 is 0 Å². The van der Waals surface area contributed by atoms with Crippen LogP contribution >= 0.6 is 34.9 Å². The van der Waals surface area contributed by atoms with Gasteiger partial charge in [-0.25, -0.2) is 9.98 Å². The van der Waals surface area contributed by atoms with Crippen molar-refractivity contribution in [2.24, 2.45) is 4.99 Å². The Balaban J connectivity index is 1.51. The number of rotatable bonds is 2. The minimum Gasteiger partial charge on any atom is -0.240 e. The molecule has 1 aliphatic rings. The van der Waals surface area contributed by atoms with E-state index in [0.717, 1.165) is 27.1 Å². The van der Waals surface area contributed by atoms with Crippen molar-refractivity contribution in [1.82, 2.24) is 4.98 Å². The highest BCUT2D eigenvalue weighted by Gasteiger charge is 2.13. The summed E-state index contributed by atoms with van der Waals surface area (Å²) in [7, 11) is 0. The van der Waals surface area contributed by atoms with Gasteiger partial charge in [-0.1, -0.05) is 53.9 Å². The molecule has 4 rings (SSSR count). The molecule has 5 heteroatoms. The first-order valence-electron chi connectivity index (χ1n) is 6.65. The molecule has 0 radical (unpaired) electrons. The Morgan fingerprint density at radius 3 is 2.86 bits per heavy atom. The Morgan fingerprint density at radius 2 is 1.90 bits per heavy atom. The standard InChI is InChI=1S/C16H12N2S3/c1-2-6-12-11(5-1)9-19-16(18-12)20-10-15-17-13-7-3-4-8-14(13)21-15/h1-8H,9-10H2. The third-order valence-corrected chi connectivity index (χ3v) is 6.69. The van der Waals surface area contributed by atoms with E-state index in [1.54, 1.807) is 23.1 Å². The van der Waals surface area contributed by atoms with Gasteiger partial charge in [0, 0.05) is 5.75 Å². The lowest BCUT2D eigenvalue weighted by Gasteiger charge is -2.13. The number of aliphatic imine (C=N–C) groups is 1. The van der Waals surface area contributed by atoms with Gasteiger partial charge in [-0.2, -0.15) is 0 Å². The Bertz CT molecular complexity index is 790. The lowest BCUT2D eigenvalue weighted by atomic mass is 10.2. The Kier molecular flexibility index (Phi) is 3.71. The maximum absolute atomic E-state index is 4.73. The molecule has 0 saturated heterocycles. The van der Waals surface area contributed by atoms with Gasteiger partial charge in [-0.05, 0) is 23.8 Å². The van der Waals surface area contributed by atoms with Crippen molar-refractivity contribution in [3.05, 3.63) is 59.1 Å². The second-order valence-corrected chi connectivity index (χ2v) is 7.96. The number of hydrogen-bond acceptors (Lipinski definition) is 5. The summed E-state index contributed by atoms with van der Waals surface area (Å²) in [6.07, 6.45) is 0. The van der Waals surface area contributed by atoms with E-state index in [9.17, 15) is 0 Å². The lowest BCUT2D eigenvalue weighted by Crippen LogP contribution is -1.96. The van der Waals surface area contributed by atoms with Crippen molar-refractivity contribution in [1.29, 1.82) is 0 Å². The Labute approximate surface area is 135 Å². The molecule has 0 bridgehead atoms. The lowest BCUT2D eigenvalue weighted by molar-refractivity contribution is 1.31. The van der Waals surface area contributed by atoms with Crippen molar-refractivity contribution < 1.29 is 0 Å². The Morgan fingerprint density at radius 1 is 1.05 bits per heavy atom. The highest BCUT2D eigenvalue weighted by molar-refractivity contribution is 8.38. The molecule has 21 heavy (non-hydrogen) atoms. The zero-order valence-electron chi connectivity index (χ0n) is 11.2. The van der Waals surface area contributed by atoms with Crippen LogP contribution in [0.15, 0.2) is 53.5 Å². The molecule has 0 spiro atoms. The van der Waals surface area contributed by atoms with Crippen molar-refractivity contribution >= 4 is 55.1 Å². The van der Waals surface area contributed by atoms with Gasteiger partial charge in [-0.3, -0.25) is 0 Å². The maximum atomic E-state index is 4.73. The van der Waals surface area contributed by atoms with Crippen molar-refractivity contribution in [3.63, 3.8) is 0 Å². The van der Waals surface area contributed by atoms with Gasteiger partial charge in [0.2, 0.25) is 0 Å². The zero-order valence-corrected chi connectivity index (χ0v) is 13.6. The molecule has 1 aliphatic heterocycles. The van der Waals surface area contributed by atoms with Crippen LogP contribution in [0.2, 0.25) is 0 Å². The summed E-state index contributed by atoms with van der Waals surface area (Å²) in [6.45, 7) is 0. The fourth-order valence-electron chi connectivity index (χ4n) is 2.19. The molecular weight excluding hydrogens is 316 g/mol. The first kappa shape index (κ1) is 13.4. The molecule has 2 heterocycles. The van der Waals surface area contributed by atoms with Crippen LogP contribution in [0.4, 0.5) is 5.69 Å². The second-order valence-electron chi connectivity index (χ2n) is 4.66. The van der Waals surface area contributed by atoms with Crippen molar-refractivity contribution in [2.45, 2.75) is 11.5 Å². The van der Waals surface area contributed by atoms with E-state index in [2.05, 4.69) is 41.4 Å². The molecule has 0 fully saturated rings. The summed E-state index contributed by atoms with van der Waals surface area (Å²) in [5.74, 6) is 1.91. The highest BCUT2D eigenvalue weighted by Crippen LogP contribution is 2.36. The zero-order chi connectivity index (χ0) is 14.1. The van der Waals surface area contributed by atoms with E-state index in [1.807, 2.05) is 23.9 Å². The van der Waals surface area contributed by atoms with E-state index in [1.165, 1.54) is 15.3 Å². The molecular formula is C16H12N2S3. The summed E-state index contributed by atoms with van der Waals surface area (Å²) < 4.78 is 2.41. The SMILES string of the molecule is c1ccc2c(c1)CSC(SCc1nc3ccccc3s1)=N2. The van der Waals surface area contributed by atoms with Crippen LogP contribution in [-0.4, -0.2) is 9.36 Å². The number of fused-ring (bicyclic) bond motifs is 2. The van der Waals surface area contributed by atoms with Gasteiger partial charge >= 0.3 is 0 Å². The average molecular weight is 328 g/mol. The number of thiazole rings is 1. The number of hydrogen-bond donors (Lipinski definition) is 0. The van der Waals surface area contributed by atoms with E-state index < -0.39 is 0 Å². The largest absolute Gasteiger partial charge is 0.240 e. The Hall–Kier alpha value is -1.30. The normalized spacial score (nSPS) is 14.0. The number of para-hydroxylation sites is 2. The molecule has 3 aromatic rings. The van der Waals surface area contributed by atoms with E-state index in [-0.39, 0.29) is 0 Å². The van der Waals surface area contributed by atoms with E-state index in [0.29, 0.717) is 0 Å². The van der Waals surface area contributed by atoms with Gasteiger partial charge < -0.3 is 0 Å². The minimum atomic E-state index is 0.896. The van der Waals surface area contributed by atoms with Crippen molar-refractivity contribution in [2.75, 3.05) is 0 Å². The number of nitrogens with zero attached hydrogens (tertiary/aromatic N) is 2. The summed E-state index contributed by atoms with van der Waals surface area (Å²) in [5, 5.41) is 1.17. The average Bonchev–Trinajstić information content (AvgIpc) is 2.95. The van der Waals surface area contributed by atoms with E-state index in [4.69, 9.17) is 4.99 Å². The van der Waals surface area contributed by atoms with Gasteiger partial charge in [0.15, 0.2) is 0 Å². The summed E-state index contributed by atoms with van der Waals surface area (Å²) in [4.78, 5) is 9.41. The van der Waals surface area contributed by atoms with Crippen LogP contribution < -0.4 is 0 Å². The minimum absolute atomic E-state index is 0.896. The molecule has 104 valence electrons. The third kappa shape index (κ3) is 2.86. The van der Waals surface area contributed by atoms with Crippen LogP contribution in [0.25, 0.3) is 10.2 Å². The summed E-state index contributed by atoms with van der Waals surface area (Å²) >= 11 is 5.39. The molecule has 2 aromatic carbocycles. The summed E-state index contributed by atoms with van der Waals surface area (Å²) in [5.41, 5.74) is 3.54. The van der Waals surface area contributed by atoms with Crippen molar-refractivity contribution in [3.8, 4) is 0 Å². The maximum Gasteiger partial charge on any atom is 0.131 e.